The molecule has 2 unspecified atom stereocenters. The predicted molar refractivity (Wildman–Crippen MR) is 115 cm³/mol. The Morgan fingerprint density at radius 3 is 2.50 bits per heavy atom. The molecule has 0 aliphatic carbocycles. The molecule has 160 valence electrons. The molecule has 0 radical (unpaired) electrons. The van der Waals surface area contributed by atoms with Crippen molar-refractivity contribution in [2.75, 3.05) is 20.8 Å². The lowest BCUT2D eigenvalue weighted by Gasteiger charge is -2.28. The number of likely N-dealkylation sites (tertiary alicyclic amines) is 1. The first-order chi connectivity index (χ1) is 14.6. The first-order valence-electron chi connectivity index (χ1n) is 10.4. The Balaban J connectivity index is 1.80. The van der Waals surface area contributed by atoms with Crippen LogP contribution in [-0.4, -0.2) is 37.5 Å². The molecule has 0 saturated carbocycles. The Hall–Kier alpha value is -3.02. The van der Waals surface area contributed by atoms with Gasteiger partial charge in [-0.2, -0.15) is 0 Å². The smallest absolute Gasteiger partial charge is 0.226 e. The van der Waals surface area contributed by atoms with E-state index in [1.807, 2.05) is 53.4 Å². The maximum Gasteiger partial charge on any atom is 0.226 e. The summed E-state index contributed by atoms with van der Waals surface area (Å²) in [5.74, 6) is 0.963. The first kappa shape index (κ1) is 21.7. The molecule has 1 aliphatic rings. The van der Waals surface area contributed by atoms with Crippen LogP contribution in [0.15, 0.2) is 48.5 Å². The zero-order valence-corrected chi connectivity index (χ0v) is 17.9. The highest BCUT2D eigenvalue weighted by molar-refractivity contribution is 5.90. The van der Waals surface area contributed by atoms with Crippen LogP contribution in [0.1, 0.15) is 43.4 Å². The average Bonchev–Trinajstić information content (AvgIpc) is 3.12. The molecule has 2 aromatic carbocycles. The number of amides is 2. The summed E-state index contributed by atoms with van der Waals surface area (Å²) >= 11 is 0. The highest BCUT2D eigenvalue weighted by Gasteiger charge is 2.44. The molecule has 0 bridgehead atoms. The topological polar surface area (TPSA) is 67.9 Å². The van der Waals surface area contributed by atoms with Crippen molar-refractivity contribution in [1.29, 1.82) is 0 Å². The highest BCUT2D eigenvalue weighted by Crippen LogP contribution is 2.39. The minimum atomic E-state index is -0.433. The molecule has 6 heteroatoms. The van der Waals surface area contributed by atoms with Crippen molar-refractivity contribution >= 4 is 11.8 Å². The SMILES string of the molecule is CCCCN1C(=O)CC(C(=O)NCc2ccccc2OC)C1c1ccc(OC)cc1. The summed E-state index contributed by atoms with van der Waals surface area (Å²) in [6.45, 7) is 3.11. The van der Waals surface area contributed by atoms with Gasteiger partial charge < -0.3 is 19.7 Å². The monoisotopic (exact) mass is 410 g/mol. The van der Waals surface area contributed by atoms with Crippen LogP contribution in [0.4, 0.5) is 0 Å². The Labute approximate surface area is 178 Å². The second-order valence-corrected chi connectivity index (χ2v) is 7.50. The van der Waals surface area contributed by atoms with E-state index in [1.54, 1.807) is 14.2 Å². The van der Waals surface area contributed by atoms with Gasteiger partial charge in [0.1, 0.15) is 11.5 Å². The van der Waals surface area contributed by atoms with Crippen molar-refractivity contribution in [1.82, 2.24) is 10.2 Å². The van der Waals surface area contributed by atoms with Crippen molar-refractivity contribution in [3.05, 3.63) is 59.7 Å². The second-order valence-electron chi connectivity index (χ2n) is 7.50. The molecule has 6 nitrogen and oxygen atoms in total. The average molecular weight is 411 g/mol. The summed E-state index contributed by atoms with van der Waals surface area (Å²) in [7, 11) is 3.23. The third-order valence-corrected chi connectivity index (χ3v) is 5.62. The lowest BCUT2D eigenvalue weighted by Crippen LogP contribution is -2.35. The Kier molecular flexibility index (Phi) is 7.33. The zero-order chi connectivity index (χ0) is 21.5. The van der Waals surface area contributed by atoms with Gasteiger partial charge in [0, 0.05) is 25.1 Å². The number of hydrogen-bond donors (Lipinski definition) is 1. The van der Waals surface area contributed by atoms with Crippen LogP contribution in [0.2, 0.25) is 0 Å². The molecule has 30 heavy (non-hydrogen) atoms. The number of unbranched alkanes of at least 4 members (excludes halogenated alkanes) is 1. The third kappa shape index (κ3) is 4.75. The van der Waals surface area contributed by atoms with Crippen LogP contribution in [0.5, 0.6) is 11.5 Å². The predicted octanol–water partition coefficient (Wildman–Crippen LogP) is 3.71. The Bertz CT molecular complexity index is 866. The molecule has 2 amide bonds. The van der Waals surface area contributed by atoms with Crippen LogP contribution in [0, 0.1) is 5.92 Å². The standard InChI is InChI=1S/C24H30N2O4/c1-4-5-14-26-22(27)15-20(23(26)17-10-12-19(29-2)13-11-17)24(28)25-16-18-8-6-7-9-21(18)30-3/h6-13,20,23H,4-5,14-16H2,1-3H3,(H,25,28). The maximum absolute atomic E-state index is 13.1. The first-order valence-corrected chi connectivity index (χ1v) is 10.4. The van der Waals surface area contributed by atoms with Crippen LogP contribution < -0.4 is 14.8 Å². The van der Waals surface area contributed by atoms with Crippen molar-refractivity contribution in [2.45, 2.75) is 38.8 Å². The normalized spacial score (nSPS) is 18.4. The van der Waals surface area contributed by atoms with Gasteiger partial charge in [0.15, 0.2) is 0 Å². The van der Waals surface area contributed by atoms with E-state index in [2.05, 4.69) is 12.2 Å². The van der Waals surface area contributed by atoms with Gasteiger partial charge in [0.05, 0.1) is 26.2 Å². The molecule has 2 atom stereocenters. The minimum Gasteiger partial charge on any atom is -0.497 e. The Morgan fingerprint density at radius 1 is 1.10 bits per heavy atom. The molecule has 1 N–H and O–H groups in total. The molecule has 1 saturated heterocycles. The van der Waals surface area contributed by atoms with E-state index in [4.69, 9.17) is 9.47 Å². The summed E-state index contributed by atoms with van der Waals surface area (Å²) in [6.07, 6.45) is 2.12. The van der Waals surface area contributed by atoms with Gasteiger partial charge >= 0.3 is 0 Å². The fourth-order valence-electron chi connectivity index (χ4n) is 3.99. The third-order valence-electron chi connectivity index (χ3n) is 5.62. The van der Waals surface area contributed by atoms with Gasteiger partial charge in [-0.1, -0.05) is 43.7 Å². The van der Waals surface area contributed by atoms with Crippen LogP contribution in [0.3, 0.4) is 0 Å². The van der Waals surface area contributed by atoms with Crippen LogP contribution in [0.25, 0.3) is 0 Å². The van der Waals surface area contributed by atoms with Crippen molar-refractivity contribution in [3.8, 4) is 11.5 Å². The summed E-state index contributed by atoms with van der Waals surface area (Å²) < 4.78 is 10.6. The molecule has 0 aromatic heterocycles. The van der Waals surface area contributed by atoms with Crippen molar-refractivity contribution in [3.63, 3.8) is 0 Å². The summed E-state index contributed by atoms with van der Waals surface area (Å²) in [6, 6.07) is 15.0. The number of carbonyl (C=O) groups is 2. The fourth-order valence-corrected chi connectivity index (χ4v) is 3.99. The van der Waals surface area contributed by atoms with Gasteiger partial charge in [-0.05, 0) is 30.2 Å². The van der Waals surface area contributed by atoms with E-state index in [0.29, 0.717) is 13.1 Å². The number of nitrogens with zero attached hydrogens (tertiary/aromatic N) is 1. The van der Waals surface area contributed by atoms with E-state index in [-0.39, 0.29) is 24.3 Å². The van der Waals surface area contributed by atoms with Gasteiger partial charge in [0.25, 0.3) is 0 Å². The van der Waals surface area contributed by atoms with Gasteiger partial charge in [-0.15, -0.1) is 0 Å². The largest absolute Gasteiger partial charge is 0.497 e. The molecule has 1 heterocycles. The van der Waals surface area contributed by atoms with Crippen molar-refractivity contribution in [2.24, 2.45) is 5.92 Å². The number of ether oxygens (including phenoxy) is 2. The summed E-state index contributed by atoms with van der Waals surface area (Å²) in [4.78, 5) is 27.8. The van der Waals surface area contributed by atoms with E-state index < -0.39 is 5.92 Å². The quantitative estimate of drug-likeness (QED) is 0.684. The van der Waals surface area contributed by atoms with Gasteiger partial charge in [-0.3, -0.25) is 9.59 Å². The molecule has 2 aromatic rings. The molecule has 3 rings (SSSR count). The highest BCUT2D eigenvalue weighted by atomic mass is 16.5. The number of rotatable bonds is 9. The number of carbonyl (C=O) groups excluding carboxylic acids is 2. The van der Waals surface area contributed by atoms with E-state index >= 15 is 0 Å². The van der Waals surface area contributed by atoms with Gasteiger partial charge in [-0.25, -0.2) is 0 Å². The lowest BCUT2D eigenvalue weighted by atomic mass is 9.92. The molecular formula is C24H30N2O4. The minimum absolute atomic E-state index is 0.0294. The number of para-hydroxylation sites is 1. The van der Waals surface area contributed by atoms with Crippen molar-refractivity contribution < 1.29 is 19.1 Å². The number of methoxy groups -OCH3 is 2. The van der Waals surface area contributed by atoms with Crippen LogP contribution >= 0.6 is 0 Å². The second kappa shape index (κ2) is 10.1. The zero-order valence-electron chi connectivity index (χ0n) is 17.9. The molecule has 1 fully saturated rings. The van der Waals surface area contributed by atoms with E-state index in [0.717, 1.165) is 35.5 Å². The Morgan fingerprint density at radius 2 is 1.83 bits per heavy atom. The molecule has 1 aliphatic heterocycles. The molecular weight excluding hydrogens is 380 g/mol. The fraction of sp³-hybridized carbons (Fsp3) is 0.417. The number of nitrogens with one attached hydrogen (secondary N) is 1. The van der Waals surface area contributed by atoms with E-state index in [1.165, 1.54) is 0 Å². The summed E-state index contributed by atoms with van der Waals surface area (Å²) in [5.41, 5.74) is 1.86. The summed E-state index contributed by atoms with van der Waals surface area (Å²) in [5, 5.41) is 3.01. The van der Waals surface area contributed by atoms with E-state index in [9.17, 15) is 9.59 Å². The van der Waals surface area contributed by atoms with Gasteiger partial charge in [0.2, 0.25) is 11.8 Å². The lowest BCUT2D eigenvalue weighted by molar-refractivity contribution is -0.129. The number of hydrogen-bond acceptors (Lipinski definition) is 4. The number of benzene rings is 2. The maximum atomic E-state index is 13.1. The molecule has 0 spiro atoms. The van der Waals surface area contributed by atoms with Crippen LogP contribution in [-0.2, 0) is 16.1 Å².